The Morgan fingerprint density at radius 3 is 2.81 bits per heavy atom. The average molecular weight is 226 g/mol. The number of carbonyl (C=O) groups is 2. The summed E-state index contributed by atoms with van der Waals surface area (Å²) in [6.07, 6.45) is 8.85. The van der Waals surface area contributed by atoms with Crippen molar-refractivity contribution < 1.29 is 19.4 Å². The first-order valence-corrected chi connectivity index (χ1v) is 5.22. The highest BCUT2D eigenvalue weighted by Gasteiger charge is 1.97. The van der Waals surface area contributed by atoms with Gasteiger partial charge in [0.05, 0.1) is 13.2 Å². The highest BCUT2D eigenvalue weighted by Crippen LogP contribution is 2.01. The number of hydrogen-bond acceptors (Lipinski definition) is 4. The Kier molecular flexibility index (Phi) is 9.21. The quantitative estimate of drug-likeness (QED) is 0.223. The minimum absolute atomic E-state index is 0.206. The molecule has 1 atom stereocenters. The van der Waals surface area contributed by atoms with E-state index in [0.29, 0.717) is 19.1 Å². The average Bonchev–Trinajstić information content (AvgIpc) is 2.30. The van der Waals surface area contributed by atoms with Crippen LogP contribution >= 0.6 is 0 Å². The van der Waals surface area contributed by atoms with Crippen molar-refractivity contribution in [3.63, 3.8) is 0 Å². The second-order valence-electron chi connectivity index (χ2n) is 3.26. The molecule has 4 heteroatoms. The molecular weight excluding hydrogens is 208 g/mol. The largest absolute Gasteiger partial charge is 0.469 e. The first-order chi connectivity index (χ1) is 7.70. The number of ether oxygens (including phenoxy) is 1. The molecule has 90 valence electrons. The van der Waals surface area contributed by atoms with Gasteiger partial charge in [0, 0.05) is 6.42 Å². The molecule has 0 amide bonds. The van der Waals surface area contributed by atoms with Crippen LogP contribution in [0.15, 0.2) is 24.3 Å². The molecule has 1 N–H and O–H groups in total. The van der Waals surface area contributed by atoms with Crippen molar-refractivity contribution in [3.8, 4) is 0 Å². The third-order valence-corrected chi connectivity index (χ3v) is 1.94. The number of aliphatic hydroxyl groups is 1. The van der Waals surface area contributed by atoms with E-state index in [1.807, 2.05) is 12.2 Å². The van der Waals surface area contributed by atoms with Gasteiger partial charge in [-0.3, -0.25) is 9.59 Å². The highest BCUT2D eigenvalue weighted by molar-refractivity contribution is 5.69. The van der Waals surface area contributed by atoms with Crippen molar-refractivity contribution in [3.05, 3.63) is 24.3 Å². The zero-order valence-corrected chi connectivity index (χ0v) is 9.46. The van der Waals surface area contributed by atoms with Crippen molar-refractivity contribution >= 4 is 12.3 Å². The molecule has 16 heavy (non-hydrogen) atoms. The normalized spacial score (nSPS) is 13.1. The molecule has 0 aromatic heterocycles. The molecule has 0 aliphatic carbocycles. The van der Waals surface area contributed by atoms with Crippen LogP contribution in [0.1, 0.15) is 25.7 Å². The maximum Gasteiger partial charge on any atom is 0.305 e. The highest BCUT2D eigenvalue weighted by atomic mass is 16.5. The third kappa shape index (κ3) is 9.15. The Morgan fingerprint density at radius 2 is 2.19 bits per heavy atom. The van der Waals surface area contributed by atoms with E-state index in [0.717, 1.165) is 12.8 Å². The van der Waals surface area contributed by atoms with Crippen molar-refractivity contribution in [1.82, 2.24) is 0 Å². The summed E-state index contributed by atoms with van der Waals surface area (Å²) in [6, 6.07) is 0. The Bertz CT molecular complexity index is 256. The molecule has 0 aliphatic rings. The van der Waals surface area contributed by atoms with Gasteiger partial charge in [-0.25, -0.2) is 0 Å². The van der Waals surface area contributed by atoms with Gasteiger partial charge in [-0.1, -0.05) is 18.2 Å². The van der Waals surface area contributed by atoms with Crippen LogP contribution in [-0.4, -0.2) is 30.6 Å². The summed E-state index contributed by atoms with van der Waals surface area (Å²) < 4.78 is 4.49. The van der Waals surface area contributed by atoms with Crippen LogP contribution in [0.4, 0.5) is 0 Å². The van der Waals surface area contributed by atoms with Crippen LogP contribution in [0.2, 0.25) is 0 Å². The van der Waals surface area contributed by atoms with Crippen molar-refractivity contribution in [2.75, 3.05) is 7.11 Å². The van der Waals surface area contributed by atoms with Crippen molar-refractivity contribution in [2.24, 2.45) is 0 Å². The maximum atomic E-state index is 10.7. The molecule has 0 rings (SSSR count). The van der Waals surface area contributed by atoms with E-state index >= 15 is 0 Å². The number of aliphatic hydroxyl groups excluding tert-OH is 1. The lowest BCUT2D eigenvalue weighted by Crippen LogP contribution is -1.99. The first kappa shape index (κ1) is 14.6. The lowest BCUT2D eigenvalue weighted by Gasteiger charge is -1.99. The Morgan fingerprint density at radius 1 is 1.44 bits per heavy atom. The number of allylic oxidation sites excluding steroid dienone is 2. The summed E-state index contributed by atoms with van der Waals surface area (Å²) in [5, 5.41) is 9.29. The van der Waals surface area contributed by atoms with E-state index in [1.165, 1.54) is 19.3 Å². The molecule has 0 radical (unpaired) electrons. The van der Waals surface area contributed by atoms with E-state index in [1.54, 1.807) is 0 Å². The van der Waals surface area contributed by atoms with Gasteiger partial charge in [-0.05, 0) is 25.3 Å². The monoisotopic (exact) mass is 226 g/mol. The van der Waals surface area contributed by atoms with Crippen LogP contribution in [0.5, 0.6) is 0 Å². The second kappa shape index (κ2) is 10.1. The fourth-order valence-electron chi connectivity index (χ4n) is 1.07. The molecule has 0 aromatic rings. The van der Waals surface area contributed by atoms with Crippen molar-refractivity contribution in [1.29, 1.82) is 0 Å². The smallest absolute Gasteiger partial charge is 0.305 e. The second-order valence-corrected chi connectivity index (χ2v) is 3.26. The van der Waals surface area contributed by atoms with Gasteiger partial charge in [0.2, 0.25) is 0 Å². The maximum absolute atomic E-state index is 10.7. The lowest BCUT2D eigenvalue weighted by molar-refractivity contribution is -0.140. The molecule has 0 aromatic carbocycles. The number of aldehydes is 1. The Hall–Kier alpha value is -1.42. The Balaban J connectivity index is 3.51. The summed E-state index contributed by atoms with van der Waals surface area (Å²) in [5.41, 5.74) is 0. The van der Waals surface area contributed by atoms with E-state index in [2.05, 4.69) is 4.74 Å². The Labute approximate surface area is 95.6 Å². The molecule has 0 saturated carbocycles. The molecular formula is C12H18O4. The first-order valence-electron chi connectivity index (χ1n) is 5.22. The summed E-state index contributed by atoms with van der Waals surface area (Å²) in [5.74, 6) is -0.206. The minimum Gasteiger partial charge on any atom is -0.469 e. The van der Waals surface area contributed by atoms with Gasteiger partial charge in [-0.15, -0.1) is 0 Å². The zero-order valence-electron chi connectivity index (χ0n) is 9.46. The SMILES string of the molecule is COC(=O)CCC/C=C\CC(O)/C=C/C=O. The topological polar surface area (TPSA) is 63.6 Å². The van der Waals surface area contributed by atoms with Gasteiger partial charge in [0.25, 0.3) is 0 Å². The van der Waals surface area contributed by atoms with Crippen LogP contribution < -0.4 is 0 Å². The number of hydrogen-bond donors (Lipinski definition) is 1. The molecule has 0 bridgehead atoms. The van der Waals surface area contributed by atoms with E-state index < -0.39 is 6.10 Å². The van der Waals surface area contributed by atoms with Crippen molar-refractivity contribution in [2.45, 2.75) is 31.8 Å². The summed E-state index contributed by atoms with van der Waals surface area (Å²) in [6.45, 7) is 0. The number of methoxy groups -OCH3 is 1. The number of carbonyl (C=O) groups excluding carboxylic acids is 2. The summed E-state index contributed by atoms with van der Waals surface area (Å²) in [4.78, 5) is 20.7. The molecule has 0 saturated heterocycles. The standard InChI is InChI=1S/C12H18O4/c1-16-12(15)9-5-3-2-4-7-11(14)8-6-10-13/h2,4,6,8,10-11,14H,3,5,7,9H2,1H3/b4-2-,8-6+. The summed E-state index contributed by atoms with van der Waals surface area (Å²) in [7, 11) is 1.37. The van der Waals surface area contributed by atoms with E-state index in [9.17, 15) is 14.7 Å². The number of esters is 1. The van der Waals surface area contributed by atoms with E-state index in [-0.39, 0.29) is 5.97 Å². The fraction of sp³-hybridized carbons (Fsp3) is 0.500. The van der Waals surface area contributed by atoms with Crippen LogP contribution in [0.3, 0.4) is 0 Å². The fourth-order valence-corrected chi connectivity index (χ4v) is 1.07. The molecule has 0 heterocycles. The number of rotatable bonds is 8. The lowest BCUT2D eigenvalue weighted by atomic mass is 10.2. The van der Waals surface area contributed by atoms with E-state index in [4.69, 9.17) is 0 Å². The predicted octanol–water partition coefficient (Wildman–Crippen LogP) is 1.39. The minimum atomic E-state index is -0.623. The third-order valence-electron chi connectivity index (χ3n) is 1.94. The zero-order chi connectivity index (χ0) is 12.2. The number of unbranched alkanes of at least 4 members (excludes halogenated alkanes) is 1. The molecule has 0 spiro atoms. The van der Waals surface area contributed by atoms with Gasteiger partial charge in [0.15, 0.2) is 0 Å². The summed E-state index contributed by atoms with van der Waals surface area (Å²) >= 11 is 0. The van der Waals surface area contributed by atoms with Crippen LogP contribution in [0, 0.1) is 0 Å². The predicted molar refractivity (Wildman–Crippen MR) is 60.8 cm³/mol. The van der Waals surface area contributed by atoms with Crippen LogP contribution in [0.25, 0.3) is 0 Å². The van der Waals surface area contributed by atoms with Gasteiger partial charge in [0.1, 0.15) is 6.29 Å². The van der Waals surface area contributed by atoms with Gasteiger partial charge >= 0.3 is 5.97 Å². The molecule has 4 nitrogen and oxygen atoms in total. The molecule has 0 fully saturated rings. The molecule has 1 unspecified atom stereocenters. The van der Waals surface area contributed by atoms with Gasteiger partial charge < -0.3 is 9.84 Å². The molecule has 0 aliphatic heterocycles. The van der Waals surface area contributed by atoms with Crippen LogP contribution in [-0.2, 0) is 14.3 Å². The van der Waals surface area contributed by atoms with Gasteiger partial charge in [-0.2, -0.15) is 0 Å².